The molecule has 0 saturated heterocycles. The van der Waals surface area contributed by atoms with E-state index in [0.717, 1.165) is 5.56 Å². The molecule has 0 radical (unpaired) electrons. The van der Waals surface area contributed by atoms with E-state index in [1.54, 1.807) is 19.2 Å². The van der Waals surface area contributed by atoms with Crippen LogP contribution < -0.4 is 9.47 Å². The molecule has 96 valence electrons. The molecule has 0 unspecified atom stereocenters. The normalized spacial score (nSPS) is 9.74. The SMILES string of the molecule is COc1cccc(Oc2ccc(CBr)cc2C#N)c1. The number of ether oxygens (including phenoxy) is 2. The first-order valence-electron chi connectivity index (χ1n) is 5.67. The first kappa shape index (κ1) is 13.4. The monoisotopic (exact) mass is 317 g/mol. The van der Waals surface area contributed by atoms with Crippen LogP contribution in [-0.2, 0) is 5.33 Å². The van der Waals surface area contributed by atoms with Crippen molar-refractivity contribution in [2.24, 2.45) is 0 Å². The van der Waals surface area contributed by atoms with Crippen molar-refractivity contribution < 1.29 is 9.47 Å². The van der Waals surface area contributed by atoms with E-state index in [-0.39, 0.29) is 0 Å². The van der Waals surface area contributed by atoms with Gasteiger partial charge in [0.15, 0.2) is 0 Å². The van der Waals surface area contributed by atoms with Gasteiger partial charge in [0.1, 0.15) is 23.3 Å². The zero-order chi connectivity index (χ0) is 13.7. The average Bonchev–Trinajstić information content (AvgIpc) is 2.48. The molecule has 3 nitrogen and oxygen atoms in total. The Morgan fingerprint density at radius 1 is 1.16 bits per heavy atom. The summed E-state index contributed by atoms with van der Waals surface area (Å²) in [5.74, 6) is 1.90. The molecule has 0 spiro atoms. The molecule has 0 aliphatic carbocycles. The second-order valence-electron chi connectivity index (χ2n) is 3.86. The number of benzene rings is 2. The van der Waals surface area contributed by atoms with Gasteiger partial charge in [-0.2, -0.15) is 5.26 Å². The summed E-state index contributed by atoms with van der Waals surface area (Å²) in [6.45, 7) is 0. The Labute approximate surface area is 120 Å². The molecule has 0 heterocycles. The van der Waals surface area contributed by atoms with Crippen LogP contribution >= 0.6 is 15.9 Å². The fourth-order valence-electron chi connectivity index (χ4n) is 1.63. The third kappa shape index (κ3) is 3.27. The van der Waals surface area contributed by atoms with E-state index in [2.05, 4.69) is 22.0 Å². The van der Waals surface area contributed by atoms with Crippen molar-refractivity contribution in [2.75, 3.05) is 7.11 Å². The second kappa shape index (κ2) is 6.26. The lowest BCUT2D eigenvalue weighted by atomic mass is 10.1. The highest BCUT2D eigenvalue weighted by Crippen LogP contribution is 2.28. The maximum atomic E-state index is 9.15. The van der Waals surface area contributed by atoms with Crippen molar-refractivity contribution in [3.05, 3.63) is 53.6 Å². The van der Waals surface area contributed by atoms with Gasteiger partial charge in [-0.05, 0) is 29.8 Å². The van der Waals surface area contributed by atoms with E-state index in [1.807, 2.05) is 30.3 Å². The second-order valence-corrected chi connectivity index (χ2v) is 4.42. The van der Waals surface area contributed by atoms with E-state index in [1.165, 1.54) is 0 Å². The highest BCUT2D eigenvalue weighted by molar-refractivity contribution is 9.08. The molecule has 19 heavy (non-hydrogen) atoms. The minimum absolute atomic E-state index is 0.514. The summed E-state index contributed by atoms with van der Waals surface area (Å²) in [5.41, 5.74) is 1.55. The highest BCUT2D eigenvalue weighted by Gasteiger charge is 2.06. The Morgan fingerprint density at radius 2 is 1.95 bits per heavy atom. The maximum Gasteiger partial charge on any atom is 0.145 e. The number of rotatable bonds is 4. The van der Waals surface area contributed by atoms with Crippen molar-refractivity contribution in [2.45, 2.75) is 5.33 Å². The predicted octanol–water partition coefficient (Wildman–Crippen LogP) is 4.25. The fourth-order valence-corrected chi connectivity index (χ4v) is 1.98. The van der Waals surface area contributed by atoms with Gasteiger partial charge in [0.05, 0.1) is 12.7 Å². The van der Waals surface area contributed by atoms with Crippen molar-refractivity contribution in [3.63, 3.8) is 0 Å². The van der Waals surface area contributed by atoms with Crippen LogP contribution in [-0.4, -0.2) is 7.11 Å². The van der Waals surface area contributed by atoms with Crippen LogP contribution in [0.1, 0.15) is 11.1 Å². The third-order valence-electron chi connectivity index (χ3n) is 2.59. The van der Waals surface area contributed by atoms with Crippen LogP contribution in [0, 0.1) is 11.3 Å². The molecule has 2 rings (SSSR count). The fraction of sp³-hybridized carbons (Fsp3) is 0.133. The molecule has 0 N–H and O–H groups in total. The summed E-state index contributed by atoms with van der Waals surface area (Å²) in [6.07, 6.45) is 0. The van der Waals surface area contributed by atoms with Crippen LogP contribution in [0.2, 0.25) is 0 Å². The Hall–Kier alpha value is -1.99. The first-order chi connectivity index (χ1) is 9.26. The maximum absolute atomic E-state index is 9.15. The molecule has 0 aliphatic rings. The molecule has 0 aromatic heterocycles. The van der Waals surface area contributed by atoms with Crippen LogP contribution in [0.3, 0.4) is 0 Å². The summed E-state index contributed by atoms with van der Waals surface area (Å²) in [4.78, 5) is 0. The molecule has 0 bridgehead atoms. The van der Waals surface area contributed by atoms with Crippen molar-refractivity contribution in [1.82, 2.24) is 0 Å². The number of alkyl halides is 1. The lowest BCUT2D eigenvalue weighted by Gasteiger charge is -2.09. The number of methoxy groups -OCH3 is 1. The lowest BCUT2D eigenvalue weighted by molar-refractivity contribution is 0.409. The average molecular weight is 318 g/mol. The van der Waals surface area contributed by atoms with Crippen molar-refractivity contribution in [1.29, 1.82) is 5.26 Å². The van der Waals surface area contributed by atoms with Gasteiger partial charge in [0, 0.05) is 11.4 Å². The summed E-state index contributed by atoms with van der Waals surface area (Å²) in [5, 5.41) is 9.86. The smallest absolute Gasteiger partial charge is 0.145 e. The van der Waals surface area contributed by atoms with Gasteiger partial charge < -0.3 is 9.47 Å². The molecular formula is C15H12BrNO2. The molecule has 2 aromatic rings. The topological polar surface area (TPSA) is 42.2 Å². The number of hydrogen-bond donors (Lipinski definition) is 0. The van der Waals surface area contributed by atoms with Crippen LogP contribution in [0.15, 0.2) is 42.5 Å². The standard InChI is InChI=1S/C15H12BrNO2/c1-18-13-3-2-4-14(8-13)19-15-6-5-11(9-16)7-12(15)10-17/h2-8H,9H2,1H3. The Morgan fingerprint density at radius 3 is 2.63 bits per heavy atom. The third-order valence-corrected chi connectivity index (χ3v) is 3.24. The van der Waals surface area contributed by atoms with Gasteiger partial charge in [-0.25, -0.2) is 0 Å². The molecule has 0 saturated carbocycles. The van der Waals surface area contributed by atoms with Gasteiger partial charge in [-0.1, -0.05) is 28.1 Å². The van der Waals surface area contributed by atoms with E-state index >= 15 is 0 Å². The summed E-state index contributed by atoms with van der Waals surface area (Å²) in [6, 6.07) is 15.0. The van der Waals surface area contributed by atoms with E-state index in [4.69, 9.17) is 14.7 Å². The molecule has 4 heteroatoms. The van der Waals surface area contributed by atoms with Crippen molar-refractivity contribution in [3.8, 4) is 23.3 Å². The summed E-state index contributed by atoms with van der Waals surface area (Å²) >= 11 is 3.36. The highest BCUT2D eigenvalue weighted by atomic mass is 79.9. The molecule has 0 amide bonds. The zero-order valence-corrected chi connectivity index (χ0v) is 12.0. The Kier molecular flexibility index (Phi) is 4.43. The van der Waals surface area contributed by atoms with Crippen LogP contribution in [0.4, 0.5) is 0 Å². The first-order valence-corrected chi connectivity index (χ1v) is 6.80. The zero-order valence-electron chi connectivity index (χ0n) is 10.4. The largest absolute Gasteiger partial charge is 0.497 e. The summed E-state index contributed by atoms with van der Waals surface area (Å²) in [7, 11) is 1.60. The molecule has 0 atom stereocenters. The summed E-state index contributed by atoms with van der Waals surface area (Å²) < 4.78 is 10.9. The van der Waals surface area contributed by atoms with Crippen LogP contribution in [0.5, 0.6) is 17.2 Å². The van der Waals surface area contributed by atoms with E-state index < -0.39 is 0 Å². The van der Waals surface area contributed by atoms with Gasteiger partial charge >= 0.3 is 0 Å². The number of nitriles is 1. The number of halogens is 1. The van der Waals surface area contributed by atoms with Gasteiger partial charge in [-0.15, -0.1) is 0 Å². The quantitative estimate of drug-likeness (QED) is 0.791. The lowest BCUT2D eigenvalue weighted by Crippen LogP contribution is -1.91. The van der Waals surface area contributed by atoms with E-state index in [9.17, 15) is 0 Å². The minimum atomic E-state index is 0.514. The minimum Gasteiger partial charge on any atom is -0.497 e. The van der Waals surface area contributed by atoms with E-state index in [0.29, 0.717) is 28.1 Å². The number of nitrogens with zero attached hydrogens (tertiary/aromatic N) is 1. The van der Waals surface area contributed by atoms with Gasteiger partial charge in [0.2, 0.25) is 0 Å². The van der Waals surface area contributed by atoms with Crippen LogP contribution in [0.25, 0.3) is 0 Å². The Bertz CT molecular complexity index is 620. The molecule has 0 fully saturated rings. The molecule has 2 aromatic carbocycles. The van der Waals surface area contributed by atoms with Gasteiger partial charge in [0.25, 0.3) is 0 Å². The molecular weight excluding hydrogens is 306 g/mol. The Balaban J connectivity index is 2.30. The number of hydrogen-bond acceptors (Lipinski definition) is 3. The molecule has 0 aliphatic heterocycles. The van der Waals surface area contributed by atoms with Gasteiger partial charge in [-0.3, -0.25) is 0 Å². The predicted molar refractivity (Wildman–Crippen MR) is 76.9 cm³/mol. The van der Waals surface area contributed by atoms with Crippen molar-refractivity contribution >= 4 is 15.9 Å².